The summed E-state index contributed by atoms with van der Waals surface area (Å²) in [4.78, 5) is 22.6. The Labute approximate surface area is 125 Å². The van der Waals surface area contributed by atoms with Gasteiger partial charge >= 0.3 is 5.97 Å². The second-order valence-electron chi connectivity index (χ2n) is 5.01. The van der Waals surface area contributed by atoms with Gasteiger partial charge in [0.2, 0.25) is 0 Å². The lowest BCUT2D eigenvalue weighted by molar-refractivity contribution is -0.141. The van der Waals surface area contributed by atoms with Gasteiger partial charge in [0.1, 0.15) is 5.75 Å². The van der Waals surface area contributed by atoms with E-state index in [1.807, 2.05) is 13.0 Å². The molecule has 0 spiro atoms. The van der Waals surface area contributed by atoms with Gasteiger partial charge in [-0.3, -0.25) is 9.59 Å². The van der Waals surface area contributed by atoms with Crippen molar-refractivity contribution in [2.45, 2.75) is 33.1 Å². The molecule has 1 aromatic rings. The van der Waals surface area contributed by atoms with Crippen LogP contribution in [0.4, 0.5) is 0 Å². The van der Waals surface area contributed by atoms with E-state index in [0.29, 0.717) is 37.3 Å². The monoisotopic (exact) mass is 293 g/mol. The summed E-state index contributed by atoms with van der Waals surface area (Å²) in [6.07, 6.45) is 2.11. The minimum Gasteiger partial charge on any atom is -0.494 e. The Morgan fingerprint density at radius 1 is 1.38 bits per heavy atom. The van der Waals surface area contributed by atoms with Crippen LogP contribution < -0.4 is 10.1 Å². The van der Waals surface area contributed by atoms with E-state index in [-0.39, 0.29) is 11.8 Å². The molecule has 0 fully saturated rings. The highest BCUT2D eigenvalue weighted by atomic mass is 16.5. The number of amides is 1. The normalized spacial score (nSPS) is 11.7. The third kappa shape index (κ3) is 6.29. The Morgan fingerprint density at radius 2 is 2.14 bits per heavy atom. The maximum atomic E-state index is 12.0. The number of carbonyl (C=O) groups is 2. The molecule has 5 nitrogen and oxygen atoms in total. The van der Waals surface area contributed by atoms with Gasteiger partial charge in [-0.15, -0.1) is 0 Å². The van der Waals surface area contributed by atoms with Gasteiger partial charge in [-0.2, -0.15) is 0 Å². The number of aliphatic carboxylic acids is 1. The molecule has 0 saturated heterocycles. The second kappa shape index (κ2) is 9.00. The summed E-state index contributed by atoms with van der Waals surface area (Å²) in [6.45, 7) is 4.78. The van der Waals surface area contributed by atoms with Crippen molar-refractivity contribution in [3.63, 3.8) is 0 Å². The summed E-state index contributed by atoms with van der Waals surface area (Å²) in [7, 11) is 0. The van der Waals surface area contributed by atoms with Crippen LogP contribution in [0.25, 0.3) is 0 Å². The minimum atomic E-state index is -0.804. The van der Waals surface area contributed by atoms with E-state index < -0.39 is 5.97 Å². The van der Waals surface area contributed by atoms with Crippen molar-refractivity contribution in [3.8, 4) is 5.75 Å². The molecule has 0 aliphatic carbocycles. The Balaban J connectivity index is 2.39. The van der Waals surface area contributed by atoms with Crippen molar-refractivity contribution in [1.29, 1.82) is 0 Å². The molecule has 0 aromatic heterocycles. The molecule has 21 heavy (non-hydrogen) atoms. The van der Waals surface area contributed by atoms with E-state index in [1.165, 1.54) is 0 Å². The largest absolute Gasteiger partial charge is 0.494 e. The molecule has 1 atom stereocenters. The Hall–Kier alpha value is -2.04. The fraction of sp³-hybridized carbons (Fsp3) is 0.500. The smallest absolute Gasteiger partial charge is 0.306 e. The van der Waals surface area contributed by atoms with Gasteiger partial charge in [0.25, 0.3) is 5.91 Å². The summed E-state index contributed by atoms with van der Waals surface area (Å²) in [5.41, 5.74) is 0.551. The van der Waals surface area contributed by atoms with Crippen LogP contribution in [-0.2, 0) is 4.79 Å². The van der Waals surface area contributed by atoms with Crippen molar-refractivity contribution in [1.82, 2.24) is 5.32 Å². The highest BCUT2D eigenvalue weighted by Crippen LogP contribution is 2.13. The standard InChI is InChI=1S/C16H23NO4/c1-3-10-21-14-8-4-7-13(11-14)15(18)17-9-5-6-12(2)16(19)20/h4,7-8,11-12H,3,5-6,9-10H2,1-2H3,(H,17,18)(H,19,20). The van der Waals surface area contributed by atoms with E-state index in [4.69, 9.17) is 9.84 Å². The molecule has 1 unspecified atom stereocenters. The zero-order valence-corrected chi connectivity index (χ0v) is 12.6. The lowest BCUT2D eigenvalue weighted by Crippen LogP contribution is -2.25. The van der Waals surface area contributed by atoms with E-state index in [0.717, 1.165) is 6.42 Å². The van der Waals surface area contributed by atoms with Crippen LogP contribution in [0.5, 0.6) is 5.75 Å². The minimum absolute atomic E-state index is 0.167. The summed E-state index contributed by atoms with van der Waals surface area (Å²) in [5.74, 6) is -0.668. The number of carboxylic acid groups (broad SMARTS) is 1. The van der Waals surface area contributed by atoms with Crippen molar-refractivity contribution in [2.24, 2.45) is 5.92 Å². The number of benzene rings is 1. The van der Waals surface area contributed by atoms with Crippen LogP contribution in [0.2, 0.25) is 0 Å². The Bertz CT molecular complexity index is 473. The van der Waals surface area contributed by atoms with Gasteiger partial charge in [0.15, 0.2) is 0 Å². The molecular formula is C16H23NO4. The van der Waals surface area contributed by atoms with Gasteiger partial charge in [-0.25, -0.2) is 0 Å². The highest BCUT2D eigenvalue weighted by Gasteiger charge is 2.11. The predicted molar refractivity (Wildman–Crippen MR) is 80.6 cm³/mol. The van der Waals surface area contributed by atoms with E-state index in [1.54, 1.807) is 25.1 Å². The van der Waals surface area contributed by atoms with Crippen molar-refractivity contribution >= 4 is 11.9 Å². The molecule has 0 heterocycles. The number of rotatable bonds is 9. The number of hydrogen-bond donors (Lipinski definition) is 2. The maximum absolute atomic E-state index is 12.0. The number of hydrogen-bond acceptors (Lipinski definition) is 3. The first-order valence-electron chi connectivity index (χ1n) is 7.28. The molecule has 0 bridgehead atoms. The third-order valence-electron chi connectivity index (χ3n) is 3.09. The fourth-order valence-electron chi connectivity index (χ4n) is 1.78. The van der Waals surface area contributed by atoms with Crippen LogP contribution >= 0.6 is 0 Å². The van der Waals surface area contributed by atoms with Crippen molar-refractivity contribution in [2.75, 3.05) is 13.2 Å². The number of carboxylic acids is 1. The first kappa shape index (κ1) is 17.0. The molecule has 116 valence electrons. The Kier molecular flexibility index (Phi) is 7.29. The fourth-order valence-corrected chi connectivity index (χ4v) is 1.78. The molecule has 1 aromatic carbocycles. The quantitative estimate of drug-likeness (QED) is 0.686. The average Bonchev–Trinajstić information content (AvgIpc) is 2.49. The molecule has 0 aliphatic rings. The predicted octanol–water partition coefficient (Wildman–Crippen LogP) is 2.71. The van der Waals surface area contributed by atoms with Crippen molar-refractivity contribution < 1.29 is 19.4 Å². The number of carbonyl (C=O) groups excluding carboxylic acids is 1. The number of nitrogens with one attached hydrogen (secondary N) is 1. The summed E-state index contributed by atoms with van der Waals surface area (Å²) in [5, 5.41) is 11.6. The summed E-state index contributed by atoms with van der Waals surface area (Å²) in [6, 6.07) is 7.05. The van der Waals surface area contributed by atoms with Gasteiger partial charge in [-0.1, -0.05) is 19.9 Å². The topological polar surface area (TPSA) is 75.6 Å². The van der Waals surface area contributed by atoms with Gasteiger partial charge in [0.05, 0.1) is 12.5 Å². The van der Waals surface area contributed by atoms with Crippen LogP contribution in [0.3, 0.4) is 0 Å². The summed E-state index contributed by atoms with van der Waals surface area (Å²) >= 11 is 0. The summed E-state index contributed by atoms with van der Waals surface area (Å²) < 4.78 is 5.48. The lowest BCUT2D eigenvalue weighted by Gasteiger charge is -2.09. The van der Waals surface area contributed by atoms with Crippen LogP contribution in [0.15, 0.2) is 24.3 Å². The third-order valence-corrected chi connectivity index (χ3v) is 3.09. The first-order valence-corrected chi connectivity index (χ1v) is 7.28. The molecule has 1 amide bonds. The SMILES string of the molecule is CCCOc1cccc(C(=O)NCCCC(C)C(=O)O)c1. The van der Waals surface area contributed by atoms with E-state index >= 15 is 0 Å². The molecular weight excluding hydrogens is 270 g/mol. The van der Waals surface area contributed by atoms with Gasteiger partial charge in [-0.05, 0) is 37.5 Å². The van der Waals surface area contributed by atoms with Crippen LogP contribution in [0.1, 0.15) is 43.5 Å². The first-order chi connectivity index (χ1) is 10.0. The molecule has 1 rings (SSSR count). The van der Waals surface area contributed by atoms with E-state index in [9.17, 15) is 9.59 Å². The molecule has 0 aliphatic heterocycles. The molecule has 0 radical (unpaired) electrons. The van der Waals surface area contributed by atoms with Crippen LogP contribution in [-0.4, -0.2) is 30.1 Å². The molecule has 5 heteroatoms. The van der Waals surface area contributed by atoms with Crippen LogP contribution in [0, 0.1) is 5.92 Å². The molecule has 2 N–H and O–H groups in total. The zero-order chi connectivity index (χ0) is 15.7. The van der Waals surface area contributed by atoms with Gasteiger partial charge < -0.3 is 15.2 Å². The van der Waals surface area contributed by atoms with Gasteiger partial charge in [0, 0.05) is 12.1 Å². The highest BCUT2D eigenvalue weighted by molar-refractivity contribution is 5.94. The van der Waals surface area contributed by atoms with E-state index in [2.05, 4.69) is 5.32 Å². The molecule has 0 saturated carbocycles. The van der Waals surface area contributed by atoms with Crippen molar-refractivity contribution in [3.05, 3.63) is 29.8 Å². The number of ether oxygens (including phenoxy) is 1. The Morgan fingerprint density at radius 3 is 2.81 bits per heavy atom. The average molecular weight is 293 g/mol. The second-order valence-corrected chi connectivity index (χ2v) is 5.01. The zero-order valence-electron chi connectivity index (χ0n) is 12.6. The maximum Gasteiger partial charge on any atom is 0.306 e. The lowest BCUT2D eigenvalue weighted by atomic mass is 10.1.